The van der Waals surface area contributed by atoms with Gasteiger partial charge in [0.25, 0.3) is 0 Å². The van der Waals surface area contributed by atoms with Gasteiger partial charge in [-0.2, -0.15) is 0 Å². The van der Waals surface area contributed by atoms with E-state index in [4.69, 9.17) is 9.37 Å². The van der Waals surface area contributed by atoms with Crippen LogP contribution in [0, 0.1) is 0 Å². The number of aromatic nitrogens is 6. The van der Waals surface area contributed by atoms with Crippen molar-refractivity contribution in [1.29, 1.82) is 0 Å². The fraction of sp³-hybridized carbons (Fsp3) is 0.350. The van der Waals surface area contributed by atoms with Crippen molar-refractivity contribution in [2.45, 2.75) is 41.2 Å². The second kappa shape index (κ2) is 8.92. The van der Waals surface area contributed by atoms with Gasteiger partial charge in [-0.25, -0.2) is 19.6 Å². The summed E-state index contributed by atoms with van der Waals surface area (Å²) in [6.45, 7) is -0.412. The van der Waals surface area contributed by atoms with Gasteiger partial charge in [-0.3, -0.25) is 4.57 Å². The number of hydrogen-bond acceptors (Lipinski definition) is 11. The van der Waals surface area contributed by atoms with Crippen LogP contribution in [0.3, 0.4) is 0 Å². The molecule has 3 aromatic heterocycles. The van der Waals surface area contributed by atoms with Gasteiger partial charge in [0, 0.05) is 0 Å². The monoisotopic (exact) mass is 456 g/mol. The first kappa shape index (κ1) is 21.0. The van der Waals surface area contributed by atoms with Gasteiger partial charge in [-0.15, -0.1) is 0 Å². The van der Waals surface area contributed by atoms with Gasteiger partial charge in [-0.1, -0.05) is 52.4 Å². The summed E-state index contributed by atoms with van der Waals surface area (Å²) in [7, 11) is 0. The Morgan fingerprint density at radius 2 is 1.94 bits per heavy atom. The van der Waals surface area contributed by atoms with E-state index in [-0.39, 0.29) is 5.25 Å². The number of ether oxygens (including phenoxy) is 1. The van der Waals surface area contributed by atoms with Crippen LogP contribution in [0.2, 0.25) is 0 Å². The van der Waals surface area contributed by atoms with Crippen molar-refractivity contribution in [3.8, 4) is 0 Å². The maximum absolute atomic E-state index is 10.4. The Hall–Kier alpha value is -2.90. The number of thioether (sulfide) groups is 1. The number of imidazole rings is 1. The molecule has 1 aromatic carbocycles. The van der Waals surface area contributed by atoms with Crippen LogP contribution >= 0.6 is 11.8 Å². The van der Waals surface area contributed by atoms with Crippen LogP contribution in [0.5, 0.6) is 0 Å². The van der Waals surface area contributed by atoms with Crippen LogP contribution in [0.15, 0.2) is 58.8 Å². The summed E-state index contributed by atoms with van der Waals surface area (Å²) in [5.74, 6) is 0. The highest BCUT2D eigenvalue weighted by Gasteiger charge is 2.44. The zero-order valence-electron chi connectivity index (χ0n) is 16.7. The SMILES string of the molecule is OCC1OC(n2cnc3c(SC(Cc4ccccc4)c4cnon4)ncnc32)C(O)C1O. The summed E-state index contributed by atoms with van der Waals surface area (Å²) >= 11 is 1.45. The van der Waals surface area contributed by atoms with E-state index >= 15 is 0 Å². The first-order chi connectivity index (χ1) is 15.7. The third-order valence-electron chi connectivity index (χ3n) is 5.34. The van der Waals surface area contributed by atoms with Crippen LogP contribution in [0.1, 0.15) is 22.7 Å². The van der Waals surface area contributed by atoms with Crippen molar-refractivity contribution >= 4 is 22.9 Å². The highest BCUT2D eigenvalue weighted by atomic mass is 32.2. The van der Waals surface area contributed by atoms with Crippen molar-refractivity contribution in [3.05, 3.63) is 60.4 Å². The smallest absolute Gasteiger partial charge is 0.166 e. The molecule has 11 nitrogen and oxygen atoms in total. The van der Waals surface area contributed by atoms with E-state index in [2.05, 4.69) is 25.3 Å². The lowest BCUT2D eigenvalue weighted by molar-refractivity contribution is -0.0511. The maximum atomic E-state index is 10.4. The number of hydrogen-bond donors (Lipinski definition) is 3. The van der Waals surface area contributed by atoms with Gasteiger partial charge >= 0.3 is 0 Å². The molecule has 0 radical (unpaired) electrons. The zero-order valence-corrected chi connectivity index (χ0v) is 17.5. The van der Waals surface area contributed by atoms with E-state index < -0.39 is 31.1 Å². The number of benzene rings is 1. The molecule has 0 saturated carbocycles. The van der Waals surface area contributed by atoms with Crippen LogP contribution in [0.25, 0.3) is 11.2 Å². The second-order valence-electron chi connectivity index (χ2n) is 7.36. The van der Waals surface area contributed by atoms with Crippen molar-refractivity contribution in [3.63, 3.8) is 0 Å². The lowest BCUT2D eigenvalue weighted by atomic mass is 10.1. The van der Waals surface area contributed by atoms with Crippen LogP contribution < -0.4 is 0 Å². The lowest BCUT2D eigenvalue weighted by Gasteiger charge is -2.17. The lowest BCUT2D eigenvalue weighted by Crippen LogP contribution is -2.33. The highest BCUT2D eigenvalue weighted by Crippen LogP contribution is 2.39. The summed E-state index contributed by atoms with van der Waals surface area (Å²) in [6.07, 6.45) is 0.865. The Bertz CT molecular complexity index is 1170. The van der Waals surface area contributed by atoms with E-state index in [0.29, 0.717) is 28.3 Å². The van der Waals surface area contributed by atoms with E-state index in [1.54, 1.807) is 6.20 Å². The minimum Gasteiger partial charge on any atom is -0.394 e. The average Bonchev–Trinajstić information content (AvgIpc) is 3.55. The molecular weight excluding hydrogens is 436 g/mol. The van der Waals surface area contributed by atoms with Crippen molar-refractivity contribution < 1.29 is 24.7 Å². The molecule has 32 heavy (non-hydrogen) atoms. The number of aliphatic hydroxyl groups is 3. The van der Waals surface area contributed by atoms with Crippen LogP contribution in [-0.2, 0) is 11.2 Å². The normalized spacial score (nSPS) is 24.2. The quantitative estimate of drug-likeness (QED) is 0.268. The molecule has 0 bridgehead atoms. The molecular formula is C20H20N6O5S. The van der Waals surface area contributed by atoms with E-state index in [1.165, 1.54) is 29.0 Å². The molecule has 1 aliphatic rings. The fourth-order valence-electron chi connectivity index (χ4n) is 3.70. The molecule has 5 atom stereocenters. The van der Waals surface area contributed by atoms with E-state index in [1.807, 2.05) is 30.3 Å². The summed E-state index contributed by atoms with van der Waals surface area (Å²) in [5, 5.41) is 38.1. The zero-order chi connectivity index (χ0) is 22.1. The Morgan fingerprint density at radius 3 is 2.66 bits per heavy atom. The molecule has 5 unspecified atom stereocenters. The summed E-state index contributed by atoms with van der Waals surface area (Å²) in [4.78, 5) is 13.2. The van der Waals surface area contributed by atoms with Gasteiger partial charge in [0.05, 0.1) is 24.4 Å². The molecule has 0 aliphatic carbocycles. The number of rotatable bonds is 7. The molecule has 166 valence electrons. The largest absolute Gasteiger partial charge is 0.394 e. The predicted molar refractivity (Wildman–Crippen MR) is 111 cm³/mol. The van der Waals surface area contributed by atoms with Gasteiger partial charge in [0.15, 0.2) is 11.9 Å². The Morgan fingerprint density at radius 1 is 1.09 bits per heavy atom. The molecule has 4 aromatic rings. The summed E-state index contributed by atoms with van der Waals surface area (Å²) in [6, 6.07) is 9.98. The molecule has 3 N–H and O–H groups in total. The van der Waals surface area contributed by atoms with Gasteiger partial charge in [0.2, 0.25) is 0 Å². The average molecular weight is 456 g/mol. The third-order valence-corrected chi connectivity index (χ3v) is 6.56. The van der Waals surface area contributed by atoms with Crippen molar-refractivity contribution in [1.82, 2.24) is 29.8 Å². The fourth-order valence-corrected chi connectivity index (χ4v) is 4.83. The van der Waals surface area contributed by atoms with E-state index in [0.717, 1.165) is 5.56 Å². The predicted octanol–water partition coefficient (Wildman–Crippen LogP) is 0.897. The number of nitrogens with zero attached hydrogens (tertiary/aromatic N) is 6. The number of fused-ring (bicyclic) bond motifs is 1. The molecule has 1 saturated heterocycles. The highest BCUT2D eigenvalue weighted by molar-refractivity contribution is 7.99. The molecule has 12 heteroatoms. The molecule has 4 heterocycles. The van der Waals surface area contributed by atoms with Crippen LogP contribution in [0.4, 0.5) is 0 Å². The van der Waals surface area contributed by atoms with Crippen molar-refractivity contribution in [2.24, 2.45) is 0 Å². The summed E-state index contributed by atoms with van der Waals surface area (Å²) in [5.41, 5.74) is 2.75. The minimum atomic E-state index is -1.23. The van der Waals surface area contributed by atoms with Crippen LogP contribution in [-0.4, -0.2) is 70.1 Å². The summed E-state index contributed by atoms with van der Waals surface area (Å²) < 4.78 is 12.0. The molecule has 1 fully saturated rings. The molecule has 0 amide bonds. The maximum Gasteiger partial charge on any atom is 0.166 e. The van der Waals surface area contributed by atoms with Gasteiger partial charge in [0.1, 0.15) is 40.9 Å². The van der Waals surface area contributed by atoms with Gasteiger partial charge < -0.3 is 20.1 Å². The Labute approximate surface area is 186 Å². The molecule has 1 aliphatic heterocycles. The number of aliphatic hydroxyl groups excluding tert-OH is 3. The van der Waals surface area contributed by atoms with Gasteiger partial charge in [-0.05, 0) is 12.0 Å². The topological polar surface area (TPSA) is 152 Å². The Balaban J connectivity index is 1.46. The standard InChI is InChI=1S/C20H20N6O5S/c27-8-13-16(28)17(29)20(30-13)26-10-23-15-18(26)21-9-22-19(15)32-14(12-7-24-31-25-12)6-11-4-2-1-3-5-11/h1-5,7,9-10,13-14,16-17,20,27-29H,6,8H2. The first-order valence-corrected chi connectivity index (χ1v) is 10.8. The third kappa shape index (κ3) is 3.87. The van der Waals surface area contributed by atoms with E-state index in [9.17, 15) is 15.3 Å². The molecule has 0 spiro atoms. The first-order valence-electron chi connectivity index (χ1n) is 9.93. The minimum absolute atomic E-state index is 0.138. The molecule has 5 rings (SSSR count). The van der Waals surface area contributed by atoms with Crippen molar-refractivity contribution in [2.75, 3.05) is 6.61 Å². The Kier molecular flexibility index (Phi) is 5.85. The second-order valence-corrected chi connectivity index (χ2v) is 8.55.